The first kappa shape index (κ1) is 20.0. The maximum absolute atomic E-state index is 12.6. The van der Waals surface area contributed by atoms with Gasteiger partial charge >= 0.3 is 12.4 Å². The Labute approximate surface area is 153 Å². The molecule has 0 aliphatic heterocycles. The molecule has 0 radical (unpaired) electrons. The van der Waals surface area contributed by atoms with Gasteiger partial charge in [0, 0.05) is 18.1 Å². The minimum Gasteiger partial charge on any atom is -0.361 e. The molecule has 0 amide bonds. The molecule has 0 heterocycles. The van der Waals surface area contributed by atoms with Gasteiger partial charge in [-0.05, 0) is 52.3 Å². The molecule has 0 unspecified atom stereocenters. The second-order valence-corrected chi connectivity index (χ2v) is 5.97. The predicted molar refractivity (Wildman–Crippen MR) is 91.7 cm³/mol. The van der Waals surface area contributed by atoms with Crippen molar-refractivity contribution < 1.29 is 26.3 Å². The summed E-state index contributed by atoms with van der Waals surface area (Å²) in [5.41, 5.74) is -1.34. The van der Waals surface area contributed by atoms with Crippen LogP contribution in [0.5, 0.6) is 0 Å². The van der Waals surface area contributed by atoms with Crippen molar-refractivity contribution in [3.05, 3.63) is 70.3 Å². The van der Waals surface area contributed by atoms with Crippen molar-refractivity contribution in [3.63, 3.8) is 0 Å². The Balaban J connectivity index is 2.08. The quantitative estimate of drug-likeness (QED) is 0.414. The van der Waals surface area contributed by atoms with E-state index in [1.54, 1.807) is 0 Å². The molecule has 0 fully saturated rings. The van der Waals surface area contributed by atoms with Crippen LogP contribution in [0.3, 0.4) is 0 Å². The Morgan fingerprint density at radius 1 is 0.885 bits per heavy atom. The molecule has 0 aromatic heterocycles. The summed E-state index contributed by atoms with van der Waals surface area (Å²) >= 11 is 3.11. The summed E-state index contributed by atoms with van der Waals surface area (Å²) in [5.74, 6) is 0. The first-order valence-electron chi connectivity index (χ1n) is 7.06. The van der Waals surface area contributed by atoms with Crippen molar-refractivity contribution in [3.8, 4) is 0 Å². The van der Waals surface area contributed by atoms with E-state index in [1.807, 2.05) is 0 Å². The molecule has 1 N–H and O–H groups in total. The number of alkyl halides is 6. The number of allylic oxidation sites excluding steroid dienone is 1. The van der Waals surface area contributed by atoms with Gasteiger partial charge in [-0.2, -0.15) is 26.3 Å². The minimum atomic E-state index is -4.47. The number of hydrogen-bond donors (Lipinski definition) is 1. The monoisotopic (exact) mass is 436 g/mol. The smallest absolute Gasteiger partial charge is 0.361 e. The Morgan fingerprint density at radius 2 is 1.46 bits per heavy atom. The molecule has 138 valence electrons. The Kier molecular flexibility index (Phi) is 6.12. The van der Waals surface area contributed by atoms with Gasteiger partial charge in [0.2, 0.25) is 0 Å². The predicted octanol–water partition coefficient (Wildman–Crippen LogP) is 6.77. The highest BCUT2D eigenvalue weighted by Crippen LogP contribution is 2.32. The summed E-state index contributed by atoms with van der Waals surface area (Å²) in [6, 6.07) is 9.01. The summed E-state index contributed by atoms with van der Waals surface area (Å²) in [5, 5.41) is 2.65. The van der Waals surface area contributed by atoms with Crippen LogP contribution in [0.4, 0.5) is 37.7 Å². The fourth-order valence-corrected chi connectivity index (χ4v) is 2.09. The van der Waals surface area contributed by atoms with Crippen molar-refractivity contribution >= 4 is 33.5 Å². The summed E-state index contributed by atoms with van der Waals surface area (Å²) in [6.07, 6.45) is -6.37. The second-order valence-electron chi connectivity index (χ2n) is 5.06. The van der Waals surface area contributed by atoms with E-state index in [-0.39, 0.29) is 11.4 Å². The van der Waals surface area contributed by atoms with Gasteiger partial charge in [-0.15, -0.1) is 0 Å². The number of benzene rings is 2. The summed E-state index contributed by atoms with van der Waals surface area (Å²) in [6.45, 7) is 0. The molecular formula is C17H11BrF6N2. The van der Waals surface area contributed by atoms with Crippen molar-refractivity contribution in [1.82, 2.24) is 0 Å². The number of rotatable bonds is 4. The highest BCUT2D eigenvalue weighted by Gasteiger charge is 2.31. The standard InChI is InChI=1S/C17H11BrF6N2/c18-13(9-25-14-5-1-3-11(7-14)16(19,20)21)10-26-15-6-2-4-12(8-15)17(22,23)24/h1-10,25H/b13-9+,26-10?. The lowest BCUT2D eigenvalue weighted by molar-refractivity contribution is -0.138. The number of anilines is 1. The van der Waals surface area contributed by atoms with Gasteiger partial charge in [-0.25, -0.2) is 0 Å². The fraction of sp³-hybridized carbons (Fsp3) is 0.118. The van der Waals surface area contributed by atoms with E-state index in [0.29, 0.717) is 4.48 Å². The highest BCUT2D eigenvalue weighted by atomic mass is 79.9. The van der Waals surface area contributed by atoms with Crippen LogP contribution in [0, 0.1) is 0 Å². The normalized spacial score (nSPS) is 13.3. The fourth-order valence-electron chi connectivity index (χ4n) is 1.87. The number of hydrogen-bond acceptors (Lipinski definition) is 2. The molecule has 9 heteroatoms. The average Bonchev–Trinajstić information content (AvgIpc) is 2.57. The van der Waals surface area contributed by atoms with Gasteiger partial charge in [0.15, 0.2) is 0 Å². The van der Waals surface area contributed by atoms with Crippen molar-refractivity contribution in [1.29, 1.82) is 0 Å². The zero-order valence-electron chi connectivity index (χ0n) is 12.9. The minimum absolute atomic E-state index is 0.0873. The number of nitrogens with zero attached hydrogens (tertiary/aromatic N) is 1. The molecule has 2 aromatic carbocycles. The largest absolute Gasteiger partial charge is 0.416 e. The Hall–Kier alpha value is -2.29. The highest BCUT2D eigenvalue weighted by molar-refractivity contribution is 9.12. The van der Waals surface area contributed by atoms with Crippen LogP contribution in [0.2, 0.25) is 0 Å². The lowest BCUT2D eigenvalue weighted by atomic mass is 10.2. The van der Waals surface area contributed by atoms with E-state index in [2.05, 4.69) is 26.2 Å². The molecule has 2 aromatic rings. The molecule has 0 aliphatic rings. The molecule has 0 bridgehead atoms. The van der Waals surface area contributed by atoms with E-state index in [1.165, 1.54) is 36.7 Å². The number of aliphatic imine (C=N–C) groups is 1. The molecule has 0 saturated carbocycles. The van der Waals surface area contributed by atoms with E-state index in [0.717, 1.165) is 24.3 Å². The summed E-state index contributed by atoms with van der Waals surface area (Å²) < 4.78 is 76.1. The van der Waals surface area contributed by atoms with Crippen LogP contribution in [0.1, 0.15) is 11.1 Å². The van der Waals surface area contributed by atoms with Crippen molar-refractivity contribution in [2.45, 2.75) is 12.4 Å². The number of nitrogens with one attached hydrogen (secondary N) is 1. The van der Waals surface area contributed by atoms with E-state index in [9.17, 15) is 26.3 Å². The maximum atomic E-state index is 12.6. The molecule has 2 nitrogen and oxygen atoms in total. The lowest BCUT2D eigenvalue weighted by Gasteiger charge is -2.08. The second kappa shape index (κ2) is 7.94. The Morgan fingerprint density at radius 3 is 2.08 bits per heavy atom. The van der Waals surface area contributed by atoms with Crippen LogP contribution in [-0.2, 0) is 12.4 Å². The van der Waals surface area contributed by atoms with Crippen LogP contribution in [-0.4, -0.2) is 6.21 Å². The summed E-state index contributed by atoms with van der Waals surface area (Å²) in [7, 11) is 0. The Bertz CT molecular complexity index is 824. The molecular weight excluding hydrogens is 426 g/mol. The van der Waals surface area contributed by atoms with E-state index in [4.69, 9.17) is 0 Å². The topological polar surface area (TPSA) is 24.4 Å². The van der Waals surface area contributed by atoms with Gasteiger partial charge < -0.3 is 5.32 Å². The third kappa shape index (κ3) is 5.91. The molecule has 0 atom stereocenters. The van der Waals surface area contributed by atoms with Gasteiger partial charge in [0.05, 0.1) is 21.3 Å². The zero-order chi connectivity index (χ0) is 19.4. The third-order valence-corrected chi connectivity index (χ3v) is 3.51. The van der Waals surface area contributed by atoms with Gasteiger partial charge in [-0.1, -0.05) is 12.1 Å². The van der Waals surface area contributed by atoms with E-state index >= 15 is 0 Å². The third-order valence-electron chi connectivity index (χ3n) is 3.08. The number of halogens is 7. The van der Waals surface area contributed by atoms with E-state index < -0.39 is 23.5 Å². The SMILES string of the molecule is FC(F)(F)c1cccc(N=C/C(Br)=C\Nc2cccc(C(F)(F)F)c2)c1. The maximum Gasteiger partial charge on any atom is 0.416 e. The molecule has 26 heavy (non-hydrogen) atoms. The van der Waals surface area contributed by atoms with Gasteiger partial charge in [0.1, 0.15) is 0 Å². The van der Waals surface area contributed by atoms with Crippen LogP contribution in [0.15, 0.2) is 64.2 Å². The van der Waals surface area contributed by atoms with Crippen molar-refractivity contribution in [2.24, 2.45) is 4.99 Å². The van der Waals surface area contributed by atoms with Crippen LogP contribution < -0.4 is 5.32 Å². The first-order chi connectivity index (χ1) is 12.1. The first-order valence-corrected chi connectivity index (χ1v) is 7.86. The van der Waals surface area contributed by atoms with Crippen LogP contribution >= 0.6 is 15.9 Å². The van der Waals surface area contributed by atoms with Gasteiger partial charge in [-0.3, -0.25) is 4.99 Å². The average molecular weight is 437 g/mol. The molecule has 0 spiro atoms. The molecule has 0 saturated heterocycles. The van der Waals surface area contributed by atoms with Crippen LogP contribution in [0.25, 0.3) is 0 Å². The summed E-state index contributed by atoms with van der Waals surface area (Å²) in [4.78, 5) is 3.89. The molecule has 2 rings (SSSR count). The lowest BCUT2D eigenvalue weighted by Crippen LogP contribution is -2.05. The van der Waals surface area contributed by atoms with Gasteiger partial charge in [0.25, 0.3) is 0 Å². The van der Waals surface area contributed by atoms with Crippen molar-refractivity contribution in [2.75, 3.05) is 5.32 Å². The molecule has 0 aliphatic carbocycles. The zero-order valence-corrected chi connectivity index (χ0v) is 14.5.